The second-order valence-electron chi connectivity index (χ2n) is 10.9. The Hall–Kier alpha value is -5.38. The number of hydrogen-bond donors (Lipinski definition) is 0. The van der Waals surface area contributed by atoms with E-state index in [0.29, 0.717) is 22.5 Å². The third-order valence-electron chi connectivity index (χ3n) is 8.47. The topological polar surface area (TPSA) is 38.7 Å². The van der Waals surface area contributed by atoms with Gasteiger partial charge in [-0.05, 0) is 45.5 Å². The second kappa shape index (κ2) is 10.7. The number of fused-ring (bicyclic) bond motifs is 3. The molecular formula is C40H26ClN3. The number of halogens is 1. The van der Waals surface area contributed by atoms with Crippen LogP contribution >= 0.6 is 11.6 Å². The van der Waals surface area contributed by atoms with Crippen LogP contribution in [0.1, 0.15) is 22.3 Å². The van der Waals surface area contributed by atoms with Crippen molar-refractivity contribution >= 4 is 11.6 Å². The Kier molecular flexibility index (Phi) is 6.40. The van der Waals surface area contributed by atoms with Crippen LogP contribution < -0.4 is 0 Å². The maximum absolute atomic E-state index is 6.42. The molecule has 0 N–H and O–H groups in total. The van der Waals surface area contributed by atoms with Crippen LogP contribution in [0.4, 0.5) is 0 Å². The van der Waals surface area contributed by atoms with E-state index in [-0.39, 0.29) is 0 Å². The van der Waals surface area contributed by atoms with E-state index in [4.69, 9.17) is 26.6 Å². The lowest BCUT2D eigenvalue weighted by Crippen LogP contribution is -2.28. The van der Waals surface area contributed by atoms with Crippen molar-refractivity contribution in [3.05, 3.63) is 185 Å². The summed E-state index contributed by atoms with van der Waals surface area (Å²) >= 11 is 6.42. The minimum absolute atomic E-state index is 0.504. The number of hydrogen-bond acceptors (Lipinski definition) is 3. The number of aromatic nitrogens is 3. The maximum Gasteiger partial charge on any atom is 0.164 e. The minimum Gasteiger partial charge on any atom is -0.208 e. The van der Waals surface area contributed by atoms with Crippen LogP contribution in [0.15, 0.2) is 158 Å². The Balaban J connectivity index is 1.45. The van der Waals surface area contributed by atoms with Crippen molar-refractivity contribution in [3.63, 3.8) is 0 Å². The molecule has 0 radical (unpaired) electrons. The summed E-state index contributed by atoms with van der Waals surface area (Å²) in [5.74, 6) is 1.82. The summed E-state index contributed by atoms with van der Waals surface area (Å²) in [5.41, 5.74) is 9.43. The lowest BCUT2D eigenvalue weighted by atomic mass is 9.67. The molecule has 0 amide bonds. The van der Waals surface area contributed by atoms with Crippen LogP contribution in [-0.4, -0.2) is 15.0 Å². The quantitative estimate of drug-likeness (QED) is 0.202. The molecule has 3 nitrogen and oxygen atoms in total. The first-order chi connectivity index (χ1) is 21.7. The van der Waals surface area contributed by atoms with Gasteiger partial charge in [-0.1, -0.05) is 157 Å². The first-order valence-corrected chi connectivity index (χ1v) is 15.0. The molecule has 0 saturated carbocycles. The standard InChI is InChI=1S/C40H26ClN3/c41-31-21-12-16-28(26-31)38-42-37(27-14-4-1-5-15-27)43-39(44-38)33-23-13-25-35-36(33)32-22-10-11-24-34(32)40(35,29-17-6-2-7-18-29)30-19-8-3-9-20-30/h1-26H. The van der Waals surface area contributed by atoms with Crippen molar-refractivity contribution in [2.24, 2.45) is 0 Å². The van der Waals surface area contributed by atoms with Gasteiger partial charge in [0.15, 0.2) is 17.5 Å². The SMILES string of the molecule is Clc1cccc(-c2nc(-c3ccccc3)nc(-c3cccc4c3-c3ccccc3C4(c3ccccc3)c3ccccc3)n2)c1. The van der Waals surface area contributed by atoms with Crippen molar-refractivity contribution < 1.29 is 0 Å². The molecule has 4 heteroatoms. The number of benzene rings is 6. The Morgan fingerprint density at radius 3 is 1.59 bits per heavy atom. The first kappa shape index (κ1) is 26.3. The predicted octanol–water partition coefficient (Wildman–Crippen LogP) is 9.89. The number of rotatable bonds is 5. The molecular weight excluding hydrogens is 558 g/mol. The summed E-state index contributed by atoms with van der Waals surface area (Å²) in [5, 5.41) is 0.635. The summed E-state index contributed by atoms with van der Waals surface area (Å²) < 4.78 is 0. The van der Waals surface area contributed by atoms with E-state index in [1.165, 1.54) is 27.8 Å². The van der Waals surface area contributed by atoms with Gasteiger partial charge in [0.1, 0.15) is 0 Å². The Morgan fingerprint density at radius 1 is 0.409 bits per heavy atom. The molecule has 7 aromatic rings. The lowest BCUT2D eigenvalue weighted by Gasteiger charge is -2.33. The highest BCUT2D eigenvalue weighted by atomic mass is 35.5. The van der Waals surface area contributed by atoms with Crippen LogP contribution in [0.3, 0.4) is 0 Å². The largest absolute Gasteiger partial charge is 0.208 e. The van der Waals surface area contributed by atoms with Crippen molar-refractivity contribution in [2.75, 3.05) is 0 Å². The Labute approximate surface area is 261 Å². The van der Waals surface area contributed by atoms with Gasteiger partial charge in [-0.2, -0.15) is 0 Å². The van der Waals surface area contributed by atoms with Gasteiger partial charge in [0.05, 0.1) is 5.41 Å². The molecule has 0 atom stereocenters. The monoisotopic (exact) mass is 583 g/mol. The Morgan fingerprint density at radius 2 is 0.909 bits per heavy atom. The average molecular weight is 584 g/mol. The summed E-state index contributed by atoms with van der Waals surface area (Å²) in [6.07, 6.45) is 0. The van der Waals surface area contributed by atoms with Gasteiger partial charge < -0.3 is 0 Å². The van der Waals surface area contributed by atoms with Gasteiger partial charge in [-0.15, -0.1) is 0 Å². The third kappa shape index (κ3) is 4.16. The third-order valence-corrected chi connectivity index (χ3v) is 8.71. The van der Waals surface area contributed by atoms with E-state index in [0.717, 1.165) is 22.3 Å². The molecule has 0 unspecified atom stereocenters. The van der Waals surface area contributed by atoms with Crippen molar-refractivity contribution in [1.29, 1.82) is 0 Å². The molecule has 208 valence electrons. The fourth-order valence-corrected chi connectivity index (χ4v) is 6.84. The summed E-state index contributed by atoms with van der Waals surface area (Å²) in [6, 6.07) is 54.6. The summed E-state index contributed by atoms with van der Waals surface area (Å²) in [7, 11) is 0. The van der Waals surface area contributed by atoms with Crippen molar-refractivity contribution in [1.82, 2.24) is 15.0 Å². The van der Waals surface area contributed by atoms with E-state index in [9.17, 15) is 0 Å². The van der Waals surface area contributed by atoms with E-state index in [1.807, 2.05) is 54.6 Å². The molecule has 0 bridgehead atoms. The van der Waals surface area contributed by atoms with Crippen LogP contribution in [-0.2, 0) is 5.41 Å². The van der Waals surface area contributed by atoms with Gasteiger partial charge in [0.25, 0.3) is 0 Å². The van der Waals surface area contributed by atoms with Crippen LogP contribution in [0, 0.1) is 0 Å². The van der Waals surface area contributed by atoms with Crippen molar-refractivity contribution in [3.8, 4) is 45.3 Å². The predicted molar refractivity (Wildman–Crippen MR) is 178 cm³/mol. The van der Waals surface area contributed by atoms with Gasteiger partial charge in [-0.3, -0.25) is 0 Å². The normalized spacial score (nSPS) is 12.8. The van der Waals surface area contributed by atoms with E-state index in [1.54, 1.807) is 0 Å². The second-order valence-corrected chi connectivity index (χ2v) is 11.4. The fraction of sp³-hybridized carbons (Fsp3) is 0.0250. The molecule has 1 aliphatic rings. The zero-order valence-corrected chi connectivity index (χ0v) is 24.5. The molecule has 1 aliphatic carbocycles. The summed E-state index contributed by atoms with van der Waals surface area (Å²) in [6.45, 7) is 0. The highest BCUT2D eigenvalue weighted by Crippen LogP contribution is 2.58. The Bertz CT molecular complexity index is 2090. The van der Waals surface area contributed by atoms with E-state index in [2.05, 4.69) is 103 Å². The molecule has 0 fully saturated rings. The van der Waals surface area contributed by atoms with Crippen LogP contribution in [0.25, 0.3) is 45.3 Å². The molecule has 6 aromatic carbocycles. The lowest BCUT2D eigenvalue weighted by molar-refractivity contribution is 0.768. The van der Waals surface area contributed by atoms with Gasteiger partial charge in [0, 0.05) is 21.7 Å². The smallest absolute Gasteiger partial charge is 0.164 e. The molecule has 8 rings (SSSR count). The zero-order valence-electron chi connectivity index (χ0n) is 23.7. The van der Waals surface area contributed by atoms with Crippen molar-refractivity contribution in [2.45, 2.75) is 5.41 Å². The molecule has 1 aromatic heterocycles. The maximum atomic E-state index is 6.42. The molecule has 0 aliphatic heterocycles. The minimum atomic E-state index is -0.504. The molecule has 0 spiro atoms. The first-order valence-electron chi connectivity index (χ1n) is 14.7. The molecule has 0 saturated heterocycles. The van der Waals surface area contributed by atoms with E-state index >= 15 is 0 Å². The zero-order chi connectivity index (χ0) is 29.5. The summed E-state index contributed by atoms with van der Waals surface area (Å²) in [4.78, 5) is 15.1. The number of nitrogens with zero attached hydrogens (tertiary/aromatic N) is 3. The van der Waals surface area contributed by atoms with Crippen LogP contribution in [0.5, 0.6) is 0 Å². The average Bonchev–Trinajstić information content (AvgIpc) is 3.40. The molecule has 1 heterocycles. The van der Waals surface area contributed by atoms with Gasteiger partial charge in [-0.25, -0.2) is 15.0 Å². The fourth-order valence-electron chi connectivity index (χ4n) is 6.65. The van der Waals surface area contributed by atoms with Gasteiger partial charge in [0.2, 0.25) is 0 Å². The highest BCUT2D eigenvalue weighted by Gasteiger charge is 2.46. The van der Waals surface area contributed by atoms with E-state index < -0.39 is 5.41 Å². The van der Waals surface area contributed by atoms with Gasteiger partial charge >= 0.3 is 0 Å². The van der Waals surface area contributed by atoms with Crippen LogP contribution in [0.2, 0.25) is 5.02 Å². The molecule has 44 heavy (non-hydrogen) atoms. The highest BCUT2D eigenvalue weighted by molar-refractivity contribution is 6.30.